The van der Waals surface area contributed by atoms with Crippen molar-refractivity contribution in [3.8, 4) is 5.75 Å². The Morgan fingerprint density at radius 3 is 2.00 bits per heavy atom. The van der Waals surface area contributed by atoms with Crippen LogP contribution in [0.3, 0.4) is 0 Å². The molecule has 0 heterocycles. The first-order valence-electron chi connectivity index (χ1n) is 16.1. The molecule has 2 aromatic rings. The monoisotopic (exact) mass is 552 g/mol. The van der Waals surface area contributed by atoms with E-state index in [4.69, 9.17) is 9.47 Å². The molecule has 0 aromatic heterocycles. The maximum absolute atomic E-state index is 12.7. The molecule has 0 spiro atoms. The molecule has 0 N–H and O–H groups in total. The standard InChI is InChI=1S/C36H58NO3/c1-6-7-8-9-10-11-12-13-14-15-19-24-34-25-20-21-26-35(34)40-32(3)30-39-36(38)31(2)27-28-37(4,5)29-33-22-17-16-18-23-33/h16-18,20-23,25-26,31-32H,6-15,19,24,27-30H2,1-5H3/q+1. The number of unbranched alkanes of at least 4 members (excludes halogenated alkanes) is 10. The van der Waals surface area contributed by atoms with Crippen LogP contribution in [-0.2, 0) is 22.5 Å². The van der Waals surface area contributed by atoms with Crippen molar-refractivity contribution in [2.75, 3.05) is 27.2 Å². The van der Waals surface area contributed by atoms with Crippen LogP contribution < -0.4 is 4.74 Å². The second-order valence-electron chi connectivity index (χ2n) is 12.4. The van der Waals surface area contributed by atoms with Crippen molar-refractivity contribution in [3.05, 3.63) is 65.7 Å². The van der Waals surface area contributed by atoms with Crippen molar-refractivity contribution in [3.63, 3.8) is 0 Å². The van der Waals surface area contributed by atoms with Gasteiger partial charge in [-0.2, -0.15) is 0 Å². The number of hydrogen-bond acceptors (Lipinski definition) is 3. The quantitative estimate of drug-likeness (QED) is 0.0830. The van der Waals surface area contributed by atoms with Crippen LogP contribution >= 0.6 is 0 Å². The van der Waals surface area contributed by atoms with E-state index >= 15 is 0 Å². The smallest absolute Gasteiger partial charge is 0.309 e. The van der Waals surface area contributed by atoms with Gasteiger partial charge in [0.15, 0.2) is 0 Å². The van der Waals surface area contributed by atoms with Crippen LogP contribution in [0.25, 0.3) is 0 Å². The molecule has 0 aliphatic carbocycles. The van der Waals surface area contributed by atoms with Gasteiger partial charge in [0.05, 0.1) is 26.6 Å². The SMILES string of the molecule is CCCCCCCCCCCCCc1ccccc1OC(C)COC(=O)C(C)CC[N+](C)(C)Cc1ccccc1. The van der Waals surface area contributed by atoms with Gasteiger partial charge in [-0.25, -0.2) is 0 Å². The molecule has 0 aliphatic rings. The van der Waals surface area contributed by atoms with Gasteiger partial charge in [-0.15, -0.1) is 0 Å². The summed E-state index contributed by atoms with van der Waals surface area (Å²) in [6.45, 7) is 8.38. The Hall–Kier alpha value is -2.33. The Balaban J connectivity index is 1.63. The molecule has 2 unspecified atom stereocenters. The highest BCUT2D eigenvalue weighted by molar-refractivity contribution is 5.71. The summed E-state index contributed by atoms with van der Waals surface area (Å²) in [5.74, 6) is 0.657. The van der Waals surface area contributed by atoms with E-state index in [1.807, 2.05) is 32.0 Å². The molecule has 0 aliphatic heterocycles. The van der Waals surface area contributed by atoms with E-state index in [0.29, 0.717) is 0 Å². The Morgan fingerprint density at radius 1 is 0.775 bits per heavy atom. The number of benzene rings is 2. The van der Waals surface area contributed by atoms with Gasteiger partial charge >= 0.3 is 5.97 Å². The second-order valence-corrected chi connectivity index (χ2v) is 12.4. The van der Waals surface area contributed by atoms with E-state index in [-0.39, 0.29) is 24.6 Å². The van der Waals surface area contributed by atoms with Gasteiger partial charge in [-0.1, -0.05) is 127 Å². The van der Waals surface area contributed by atoms with Crippen molar-refractivity contribution < 1.29 is 18.8 Å². The summed E-state index contributed by atoms with van der Waals surface area (Å²) < 4.78 is 12.7. The topological polar surface area (TPSA) is 35.5 Å². The van der Waals surface area contributed by atoms with Gasteiger partial charge in [-0.3, -0.25) is 4.79 Å². The first-order valence-corrected chi connectivity index (χ1v) is 16.1. The van der Waals surface area contributed by atoms with E-state index in [0.717, 1.165) is 36.2 Å². The number of aryl methyl sites for hydroxylation is 1. The molecular formula is C36H58NO3+. The van der Waals surface area contributed by atoms with Crippen molar-refractivity contribution in [2.24, 2.45) is 5.92 Å². The molecule has 4 heteroatoms. The van der Waals surface area contributed by atoms with Gasteiger partial charge in [-0.05, 0) is 31.4 Å². The second kappa shape index (κ2) is 19.7. The lowest BCUT2D eigenvalue weighted by Gasteiger charge is -2.30. The van der Waals surface area contributed by atoms with Gasteiger partial charge in [0, 0.05) is 12.0 Å². The minimum absolute atomic E-state index is 0.131. The number of ether oxygens (including phenoxy) is 2. The van der Waals surface area contributed by atoms with Gasteiger partial charge in [0.1, 0.15) is 25.0 Å². The normalized spacial score (nSPS) is 13.1. The molecule has 4 nitrogen and oxygen atoms in total. The lowest BCUT2D eigenvalue weighted by atomic mass is 10.0. The third kappa shape index (κ3) is 14.9. The number of carbonyl (C=O) groups is 1. The molecule has 2 atom stereocenters. The fourth-order valence-corrected chi connectivity index (χ4v) is 5.22. The highest BCUT2D eigenvalue weighted by atomic mass is 16.6. The summed E-state index contributed by atoms with van der Waals surface area (Å²) >= 11 is 0. The Morgan fingerprint density at radius 2 is 1.35 bits per heavy atom. The van der Waals surface area contributed by atoms with Crippen molar-refractivity contribution in [2.45, 2.75) is 117 Å². The predicted molar refractivity (Wildman–Crippen MR) is 169 cm³/mol. The summed E-state index contributed by atoms with van der Waals surface area (Å²) in [5.41, 5.74) is 2.57. The molecular weight excluding hydrogens is 494 g/mol. The van der Waals surface area contributed by atoms with E-state index < -0.39 is 0 Å². The fourth-order valence-electron chi connectivity index (χ4n) is 5.22. The Labute approximate surface area is 246 Å². The zero-order chi connectivity index (χ0) is 29.1. The van der Waals surface area contributed by atoms with Gasteiger partial charge in [0.25, 0.3) is 0 Å². The lowest BCUT2D eigenvalue weighted by molar-refractivity contribution is -0.904. The minimum Gasteiger partial charge on any atom is -0.487 e. The average Bonchev–Trinajstić information content (AvgIpc) is 2.94. The van der Waals surface area contributed by atoms with Gasteiger partial charge < -0.3 is 14.0 Å². The minimum atomic E-state index is -0.181. The molecule has 0 amide bonds. The van der Waals surface area contributed by atoms with E-state index in [2.05, 4.69) is 57.4 Å². The first kappa shape index (κ1) is 33.9. The van der Waals surface area contributed by atoms with E-state index in [1.165, 1.54) is 81.8 Å². The largest absolute Gasteiger partial charge is 0.487 e. The summed E-state index contributed by atoms with van der Waals surface area (Å²) in [6.07, 6.45) is 16.5. The molecule has 0 bridgehead atoms. The van der Waals surface area contributed by atoms with Crippen LogP contribution in [0.1, 0.15) is 109 Å². The molecule has 0 saturated carbocycles. The first-order chi connectivity index (χ1) is 19.3. The third-order valence-corrected chi connectivity index (χ3v) is 7.83. The highest BCUT2D eigenvalue weighted by Crippen LogP contribution is 2.23. The molecule has 2 rings (SSSR count). The van der Waals surface area contributed by atoms with E-state index in [9.17, 15) is 4.79 Å². The summed E-state index contributed by atoms with van der Waals surface area (Å²) in [7, 11) is 4.43. The molecule has 40 heavy (non-hydrogen) atoms. The van der Waals surface area contributed by atoms with Crippen LogP contribution in [0.5, 0.6) is 5.75 Å². The van der Waals surface area contributed by atoms with Crippen LogP contribution in [0.2, 0.25) is 0 Å². The van der Waals surface area contributed by atoms with Crippen molar-refractivity contribution >= 4 is 5.97 Å². The highest BCUT2D eigenvalue weighted by Gasteiger charge is 2.22. The fraction of sp³-hybridized carbons (Fsp3) is 0.639. The van der Waals surface area contributed by atoms with E-state index in [1.54, 1.807) is 0 Å². The lowest BCUT2D eigenvalue weighted by Crippen LogP contribution is -2.40. The third-order valence-electron chi connectivity index (χ3n) is 7.83. The predicted octanol–water partition coefficient (Wildman–Crippen LogP) is 9.15. The van der Waals surface area contributed by atoms with Crippen LogP contribution in [-0.4, -0.2) is 43.8 Å². The summed E-state index contributed by atoms with van der Waals surface area (Å²) in [6, 6.07) is 18.9. The van der Waals surface area contributed by atoms with Crippen LogP contribution in [0, 0.1) is 5.92 Å². The molecule has 0 radical (unpaired) electrons. The molecule has 0 fully saturated rings. The maximum Gasteiger partial charge on any atom is 0.309 e. The van der Waals surface area contributed by atoms with Crippen LogP contribution in [0.4, 0.5) is 0 Å². The molecule has 2 aromatic carbocycles. The summed E-state index contributed by atoms with van der Waals surface area (Å²) in [4.78, 5) is 12.7. The maximum atomic E-state index is 12.7. The number of esters is 1. The number of nitrogens with zero attached hydrogens (tertiary/aromatic N) is 1. The van der Waals surface area contributed by atoms with Crippen molar-refractivity contribution in [1.82, 2.24) is 0 Å². The zero-order valence-corrected chi connectivity index (χ0v) is 26.3. The number of carbonyl (C=O) groups excluding carboxylic acids is 1. The summed E-state index contributed by atoms with van der Waals surface area (Å²) in [5, 5.41) is 0. The van der Waals surface area contributed by atoms with Gasteiger partial charge in [0.2, 0.25) is 0 Å². The number of hydrogen-bond donors (Lipinski definition) is 0. The van der Waals surface area contributed by atoms with Crippen LogP contribution in [0.15, 0.2) is 54.6 Å². The average molecular weight is 553 g/mol. The van der Waals surface area contributed by atoms with Crippen molar-refractivity contribution in [1.29, 1.82) is 0 Å². The zero-order valence-electron chi connectivity index (χ0n) is 26.3. The Kier molecular flexibility index (Phi) is 16.7. The number of para-hydroxylation sites is 1. The number of rotatable bonds is 22. The Bertz CT molecular complexity index is 927. The number of quaternary nitrogens is 1. The molecule has 224 valence electrons. The molecule has 0 saturated heterocycles.